The number of rotatable bonds is 6. The first-order chi connectivity index (χ1) is 12.1. The van der Waals surface area contributed by atoms with E-state index in [-0.39, 0.29) is 23.9 Å². The smallest absolute Gasteiger partial charge is 0.326 e. The lowest BCUT2D eigenvalue weighted by molar-refractivity contribution is -0.146. The quantitative estimate of drug-likeness (QED) is 0.620. The standard InChI is InChI=1S/C16H15N3O5S/c1-10-9-25-16(21)19(10)7-14(20)23-8-13-17-15(18-24-13)11-3-5-12(22-2)6-4-11/h3-6,9H,7-8H2,1-2H3. The van der Waals surface area contributed by atoms with Crippen molar-refractivity contribution < 1.29 is 18.8 Å². The number of carbonyl (C=O) groups is 1. The van der Waals surface area contributed by atoms with E-state index in [2.05, 4.69) is 10.1 Å². The zero-order valence-electron chi connectivity index (χ0n) is 13.6. The molecule has 0 bridgehead atoms. The molecule has 9 heteroatoms. The molecule has 0 fully saturated rings. The molecule has 0 aliphatic heterocycles. The van der Waals surface area contributed by atoms with Crippen LogP contribution in [0.1, 0.15) is 11.6 Å². The number of carbonyl (C=O) groups excluding carboxylic acids is 1. The molecule has 0 atom stereocenters. The van der Waals surface area contributed by atoms with Gasteiger partial charge in [0.15, 0.2) is 6.61 Å². The summed E-state index contributed by atoms with van der Waals surface area (Å²) in [5, 5.41) is 5.54. The van der Waals surface area contributed by atoms with Gasteiger partial charge in [-0.25, -0.2) is 0 Å². The van der Waals surface area contributed by atoms with Gasteiger partial charge in [0.2, 0.25) is 5.82 Å². The Kier molecular flexibility index (Phi) is 4.94. The van der Waals surface area contributed by atoms with E-state index in [0.29, 0.717) is 11.5 Å². The average molecular weight is 361 g/mol. The van der Waals surface area contributed by atoms with E-state index >= 15 is 0 Å². The number of ether oxygens (including phenoxy) is 2. The number of aromatic nitrogens is 3. The largest absolute Gasteiger partial charge is 0.497 e. The summed E-state index contributed by atoms with van der Waals surface area (Å²) in [5.74, 6) is 0.736. The van der Waals surface area contributed by atoms with Crippen LogP contribution in [0.3, 0.4) is 0 Å². The maximum atomic E-state index is 11.9. The minimum absolute atomic E-state index is 0.145. The van der Waals surface area contributed by atoms with Gasteiger partial charge < -0.3 is 14.0 Å². The van der Waals surface area contributed by atoms with Gasteiger partial charge >= 0.3 is 10.8 Å². The van der Waals surface area contributed by atoms with Crippen molar-refractivity contribution in [2.45, 2.75) is 20.1 Å². The molecule has 0 aliphatic carbocycles. The van der Waals surface area contributed by atoms with Crippen LogP contribution in [-0.4, -0.2) is 27.8 Å². The zero-order valence-corrected chi connectivity index (χ0v) is 14.4. The van der Waals surface area contributed by atoms with Gasteiger partial charge in [-0.15, -0.1) is 0 Å². The molecular formula is C16H15N3O5S. The molecule has 3 rings (SSSR count). The zero-order chi connectivity index (χ0) is 17.8. The molecule has 8 nitrogen and oxygen atoms in total. The summed E-state index contributed by atoms with van der Waals surface area (Å²) in [6.45, 7) is 1.46. The second kappa shape index (κ2) is 7.31. The molecule has 0 radical (unpaired) electrons. The topological polar surface area (TPSA) is 96.5 Å². The Morgan fingerprint density at radius 3 is 2.72 bits per heavy atom. The fourth-order valence-corrected chi connectivity index (χ4v) is 2.82. The minimum atomic E-state index is -0.548. The number of hydrogen-bond acceptors (Lipinski definition) is 8. The molecule has 0 amide bonds. The fraction of sp³-hybridized carbons (Fsp3) is 0.250. The number of benzene rings is 1. The van der Waals surface area contributed by atoms with E-state index in [1.165, 1.54) is 4.57 Å². The first-order valence-electron chi connectivity index (χ1n) is 7.34. The van der Waals surface area contributed by atoms with E-state index in [1.807, 2.05) is 0 Å². The van der Waals surface area contributed by atoms with Gasteiger partial charge in [-0.1, -0.05) is 16.5 Å². The lowest BCUT2D eigenvalue weighted by atomic mass is 10.2. The van der Waals surface area contributed by atoms with Crippen molar-refractivity contribution in [2.75, 3.05) is 7.11 Å². The van der Waals surface area contributed by atoms with Gasteiger partial charge in [-0.3, -0.25) is 14.2 Å². The number of hydrogen-bond donors (Lipinski definition) is 0. The van der Waals surface area contributed by atoms with E-state index in [1.54, 1.807) is 43.7 Å². The molecule has 3 aromatic rings. The third-order valence-corrected chi connectivity index (χ3v) is 4.32. The average Bonchev–Trinajstić information content (AvgIpc) is 3.22. The van der Waals surface area contributed by atoms with E-state index in [9.17, 15) is 9.59 Å². The Morgan fingerprint density at radius 1 is 1.32 bits per heavy atom. The molecule has 2 heterocycles. The normalized spacial score (nSPS) is 10.6. The molecule has 130 valence electrons. The summed E-state index contributed by atoms with van der Waals surface area (Å²) in [4.78, 5) is 27.4. The lowest BCUT2D eigenvalue weighted by Crippen LogP contribution is -2.22. The van der Waals surface area contributed by atoms with Crippen LogP contribution >= 0.6 is 11.3 Å². The van der Waals surface area contributed by atoms with Gasteiger partial charge in [0.25, 0.3) is 5.89 Å². The number of methoxy groups -OCH3 is 1. The van der Waals surface area contributed by atoms with Crippen LogP contribution in [0.25, 0.3) is 11.4 Å². The molecular weight excluding hydrogens is 346 g/mol. The second-order valence-electron chi connectivity index (χ2n) is 5.13. The Labute approximate surface area is 146 Å². The highest BCUT2D eigenvalue weighted by Crippen LogP contribution is 2.19. The van der Waals surface area contributed by atoms with Crippen molar-refractivity contribution in [1.82, 2.24) is 14.7 Å². The van der Waals surface area contributed by atoms with Crippen molar-refractivity contribution >= 4 is 17.3 Å². The maximum Gasteiger partial charge on any atom is 0.326 e. The predicted octanol–water partition coefficient (Wildman–Crippen LogP) is 2.02. The lowest BCUT2D eigenvalue weighted by Gasteiger charge is -2.03. The van der Waals surface area contributed by atoms with E-state index in [4.69, 9.17) is 14.0 Å². The number of thiazole rings is 1. The third kappa shape index (κ3) is 3.94. The molecule has 0 saturated heterocycles. The summed E-state index contributed by atoms with van der Waals surface area (Å²) in [6, 6.07) is 7.16. The van der Waals surface area contributed by atoms with Crippen LogP contribution in [0.2, 0.25) is 0 Å². The summed E-state index contributed by atoms with van der Waals surface area (Å²) in [5.41, 5.74) is 1.47. The van der Waals surface area contributed by atoms with Gasteiger partial charge in [0.05, 0.1) is 7.11 Å². The number of esters is 1. The second-order valence-corrected chi connectivity index (χ2v) is 5.95. The SMILES string of the molecule is COc1ccc(-c2noc(COC(=O)Cn3c(C)csc3=O)n2)cc1. The van der Waals surface area contributed by atoms with E-state index < -0.39 is 5.97 Å². The van der Waals surface area contributed by atoms with Gasteiger partial charge in [0.1, 0.15) is 12.3 Å². The fourth-order valence-electron chi connectivity index (χ4n) is 2.08. The molecule has 0 unspecified atom stereocenters. The molecule has 0 saturated carbocycles. The van der Waals surface area contributed by atoms with Crippen molar-refractivity contribution in [1.29, 1.82) is 0 Å². The monoisotopic (exact) mass is 361 g/mol. The van der Waals surface area contributed by atoms with Crippen LogP contribution in [0.15, 0.2) is 39.0 Å². The molecule has 0 N–H and O–H groups in total. The molecule has 0 spiro atoms. The van der Waals surface area contributed by atoms with Crippen LogP contribution < -0.4 is 9.61 Å². The first-order valence-corrected chi connectivity index (χ1v) is 8.22. The maximum absolute atomic E-state index is 11.9. The summed E-state index contributed by atoms with van der Waals surface area (Å²) in [7, 11) is 1.58. The number of aryl methyl sites for hydroxylation is 1. The Bertz CT molecular complexity index is 926. The highest BCUT2D eigenvalue weighted by molar-refractivity contribution is 7.07. The van der Waals surface area contributed by atoms with Crippen LogP contribution in [0.5, 0.6) is 5.75 Å². The number of nitrogens with zero attached hydrogens (tertiary/aromatic N) is 3. The van der Waals surface area contributed by atoms with Gasteiger partial charge in [0, 0.05) is 16.6 Å². The Balaban J connectivity index is 1.59. The van der Waals surface area contributed by atoms with Gasteiger partial charge in [-0.05, 0) is 31.2 Å². The molecule has 2 aromatic heterocycles. The van der Waals surface area contributed by atoms with Crippen molar-refractivity contribution in [3.63, 3.8) is 0 Å². The highest BCUT2D eigenvalue weighted by atomic mass is 32.1. The summed E-state index contributed by atoms with van der Waals surface area (Å²) >= 11 is 1.04. The molecule has 1 aromatic carbocycles. The van der Waals surface area contributed by atoms with Gasteiger partial charge in [-0.2, -0.15) is 4.98 Å². The molecule has 25 heavy (non-hydrogen) atoms. The predicted molar refractivity (Wildman–Crippen MR) is 89.4 cm³/mol. The Morgan fingerprint density at radius 2 is 2.08 bits per heavy atom. The highest BCUT2D eigenvalue weighted by Gasteiger charge is 2.13. The Hall–Kier alpha value is -2.94. The summed E-state index contributed by atoms with van der Waals surface area (Å²) in [6.07, 6.45) is 0. The van der Waals surface area contributed by atoms with Crippen LogP contribution in [0, 0.1) is 6.92 Å². The van der Waals surface area contributed by atoms with Crippen molar-refractivity contribution in [3.05, 3.63) is 50.9 Å². The van der Waals surface area contributed by atoms with Crippen molar-refractivity contribution in [3.8, 4) is 17.1 Å². The molecule has 0 aliphatic rings. The van der Waals surface area contributed by atoms with E-state index in [0.717, 1.165) is 22.6 Å². The third-order valence-electron chi connectivity index (χ3n) is 3.44. The summed E-state index contributed by atoms with van der Waals surface area (Å²) < 4.78 is 16.6. The van der Waals surface area contributed by atoms with Crippen LogP contribution in [0.4, 0.5) is 0 Å². The first kappa shape index (κ1) is 16.9. The van der Waals surface area contributed by atoms with Crippen molar-refractivity contribution in [2.24, 2.45) is 0 Å². The van der Waals surface area contributed by atoms with Crippen LogP contribution in [-0.2, 0) is 22.7 Å². The minimum Gasteiger partial charge on any atom is -0.497 e.